The number of carbonyl (C=O) groups excluding carboxylic acids is 1. The number of urea groups is 1. The van der Waals surface area contributed by atoms with E-state index < -0.39 is 0 Å². The highest BCUT2D eigenvalue weighted by Gasteiger charge is 2.49. The Labute approximate surface area is 84.3 Å². The highest BCUT2D eigenvalue weighted by atomic mass is 16.5. The second-order valence-electron chi connectivity index (χ2n) is 4.17. The Bertz CT molecular complexity index is 218. The monoisotopic (exact) mass is 201 g/mol. The number of nitrogens with two attached hydrogens (primary N) is 1. The van der Waals surface area contributed by atoms with Gasteiger partial charge in [0.05, 0.1) is 6.10 Å². The number of ether oxygens (including phenoxy) is 1. The van der Waals surface area contributed by atoms with Crippen molar-refractivity contribution < 1.29 is 9.53 Å². The number of hydrogen-bond acceptors (Lipinski definition) is 3. The molecule has 1 aliphatic carbocycles. The maximum absolute atomic E-state index is 11.0. The molecule has 1 aliphatic rings. The first-order valence-corrected chi connectivity index (χ1v) is 4.91. The van der Waals surface area contributed by atoms with Crippen LogP contribution in [0.2, 0.25) is 0 Å². The van der Waals surface area contributed by atoms with E-state index in [1.165, 1.54) is 0 Å². The Kier molecular flexibility index (Phi) is 3.34. The second-order valence-corrected chi connectivity index (χ2v) is 4.17. The summed E-state index contributed by atoms with van der Waals surface area (Å²) in [6, 6.07) is -0.194. The molecule has 0 aliphatic heterocycles. The number of hydrogen-bond donors (Lipinski definition) is 3. The van der Waals surface area contributed by atoms with E-state index in [1.54, 1.807) is 0 Å². The minimum atomic E-state index is -0.335. The second kappa shape index (κ2) is 4.14. The lowest BCUT2D eigenvalue weighted by molar-refractivity contribution is -0.110. The molecule has 5 heteroatoms. The van der Waals surface area contributed by atoms with Crippen LogP contribution in [0, 0.1) is 5.41 Å². The third-order valence-electron chi connectivity index (χ3n) is 2.98. The molecule has 2 atom stereocenters. The summed E-state index contributed by atoms with van der Waals surface area (Å²) in [5.41, 5.74) is 2.05. The molecule has 0 spiro atoms. The number of carbonyl (C=O) groups is 1. The Hall–Kier alpha value is -0.810. The van der Waals surface area contributed by atoms with Crippen LogP contribution >= 0.6 is 0 Å². The summed E-state index contributed by atoms with van der Waals surface area (Å²) < 4.78 is 5.54. The van der Waals surface area contributed by atoms with Crippen LogP contribution in [0.1, 0.15) is 27.2 Å². The van der Waals surface area contributed by atoms with Crippen molar-refractivity contribution in [3.63, 3.8) is 0 Å². The van der Waals surface area contributed by atoms with Gasteiger partial charge in [0.15, 0.2) is 0 Å². The van der Waals surface area contributed by atoms with Crippen molar-refractivity contribution in [3.05, 3.63) is 0 Å². The average Bonchev–Trinajstić information content (AvgIpc) is 2.16. The van der Waals surface area contributed by atoms with Crippen molar-refractivity contribution in [2.45, 2.75) is 39.3 Å². The van der Waals surface area contributed by atoms with E-state index >= 15 is 0 Å². The minimum absolute atomic E-state index is 0.0114. The molecule has 4 N–H and O–H groups in total. The van der Waals surface area contributed by atoms with Crippen LogP contribution in [0.4, 0.5) is 4.79 Å². The van der Waals surface area contributed by atoms with Crippen LogP contribution in [0.15, 0.2) is 0 Å². The van der Waals surface area contributed by atoms with Gasteiger partial charge in [0.1, 0.15) is 0 Å². The predicted molar refractivity (Wildman–Crippen MR) is 53.5 cm³/mol. The van der Waals surface area contributed by atoms with Gasteiger partial charge < -0.3 is 10.1 Å². The van der Waals surface area contributed by atoms with Crippen molar-refractivity contribution in [1.29, 1.82) is 0 Å². The molecule has 1 fully saturated rings. The smallest absolute Gasteiger partial charge is 0.329 e. The maximum atomic E-state index is 11.0. The van der Waals surface area contributed by atoms with Crippen molar-refractivity contribution in [1.82, 2.24) is 10.7 Å². The summed E-state index contributed by atoms with van der Waals surface area (Å²) in [6.45, 7) is 6.85. The molecule has 0 aromatic rings. The van der Waals surface area contributed by atoms with E-state index in [4.69, 9.17) is 10.6 Å². The standard InChI is InChI=1S/C9H19N3O2/c1-4-14-7-5-6(9(7,2)3)11-8(13)12-10/h6-7H,4-5,10H2,1-3H3,(H2,11,12,13). The van der Waals surface area contributed by atoms with Gasteiger partial charge in [-0.25, -0.2) is 10.6 Å². The molecule has 82 valence electrons. The number of amides is 2. The van der Waals surface area contributed by atoms with E-state index in [0.717, 1.165) is 6.42 Å². The van der Waals surface area contributed by atoms with Crippen molar-refractivity contribution in [2.75, 3.05) is 6.61 Å². The molecule has 1 saturated carbocycles. The first-order chi connectivity index (χ1) is 6.52. The Morgan fingerprint density at radius 1 is 1.64 bits per heavy atom. The first kappa shape index (κ1) is 11.3. The predicted octanol–water partition coefficient (Wildman–Crippen LogP) is 0.363. The van der Waals surface area contributed by atoms with Gasteiger partial charge in [-0.05, 0) is 13.3 Å². The summed E-state index contributed by atoms with van der Waals surface area (Å²) in [5.74, 6) is 4.99. The van der Waals surface area contributed by atoms with Gasteiger partial charge in [0, 0.05) is 18.1 Å². The summed E-state index contributed by atoms with van der Waals surface area (Å²) in [5, 5.41) is 2.79. The topological polar surface area (TPSA) is 76.4 Å². The zero-order valence-electron chi connectivity index (χ0n) is 8.96. The fourth-order valence-corrected chi connectivity index (χ4v) is 1.81. The van der Waals surface area contributed by atoms with Gasteiger partial charge in [-0.15, -0.1) is 0 Å². The molecule has 2 amide bonds. The first-order valence-electron chi connectivity index (χ1n) is 4.91. The molecule has 0 heterocycles. The molecular formula is C9H19N3O2. The van der Waals surface area contributed by atoms with Crippen LogP contribution in [-0.4, -0.2) is 24.8 Å². The molecule has 1 rings (SSSR count). The molecule has 0 bridgehead atoms. The van der Waals surface area contributed by atoms with Crippen molar-refractivity contribution >= 4 is 6.03 Å². The zero-order valence-corrected chi connectivity index (χ0v) is 8.96. The molecule has 2 unspecified atom stereocenters. The van der Waals surface area contributed by atoms with E-state index in [-0.39, 0.29) is 23.6 Å². The number of hydrazine groups is 1. The zero-order chi connectivity index (χ0) is 10.8. The van der Waals surface area contributed by atoms with Gasteiger partial charge in [-0.2, -0.15) is 0 Å². The number of rotatable bonds is 3. The summed E-state index contributed by atoms with van der Waals surface area (Å²) in [6.07, 6.45) is 1.09. The van der Waals surface area contributed by atoms with Crippen LogP contribution in [0.3, 0.4) is 0 Å². The molecule has 5 nitrogen and oxygen atoms in total. The van der Waals surface area contributed by atoms with E-state index in [1.807, 2.05) is 6.92 Å². The summed E-state index contributed by atoms with van der Waals surface area (Å²) in [7, 11) is 0. The molecule has 0 aromatic carbocycles. The fourth-order valence-electron chi connectivity index (χ4n) is 1.81. The average molecular weight is 201 g/mol. The summed E-state index contributed by atoms with van der Waals surface area (Å²) >= 11 is 0. The quantitative estimate of drug-likeness (QED) is 0.350. The highest BCUT2D eigenvalue weighted by Crippen LogP contribution is 2.42. The molecule has 0 radical (unpaired) electrons. The Morgan fingerprint density at radius 3 is 2.71 bits per heavy atom. The van der Waals surface area contributed by atoms with Crippen LogP contribution in [0.25, 0.3) is 0 Å². The van der Waals surface area contributed by atoms with Gasteiger partial charge in [-0.1, -0.05) is 13.8 Å². The van der Waals surface area contributed by atoms with Crippen molar-refractivity contribution in [3.8, 4) is 0 Å². The lowest BCUT2D eigenvalue weighted by Crippen LogP contribution is -2.63. The van der Waals surface area contributed by atoms with Gasteiger partial charge in [-0.3, -0.25) is 5.43 Å². The minimum Gasteiger partial charge on any atom is -0.378 e. The largest absolute Gasteiger partial charge is 0.378 e. The van der Waals surface area contributed by atoms with Crippen LogP contribution in [0.5, 0.6) is 0 Å². The SMILES string of the molecule is CCOC1CC(NC(=O)NN)C1(C)C. The third kappa shape index (κ3) is 1.99. The Morgan fingerprint density at radius 2 is 2.29 bits per heavy atom. The van der Waals surface area contributed by atoms with Crippen molar-refractivity contribution in [2.24, 2.45) is 11.3 Å². The normalized spacial score (nSPS) is 29.1. The lowest BCUT2D eigenvalue weighted by Gasteiger charge is -2.51. The molecule has 0 aromatic heterocycles. The number of nitrogens with one attached hydrogen (secondary N) is 2. The molecular weight excluding hydrogens is 182 g/mol. The van der Waals surface area contributed by atoms with Crippen LogP contribution < -0.4 is 16.6 Å². The lowest BCUT2D eigenvalue weighted by atomic mass is 9.64. The fraction of sp³-hybridized carbons (Fsp3) is 0.889. The van der Waals surface area contributed by atoms with Crippen LogP contribution in [-0.2, 0) is 4.74 Å². The van der Waals surface area contributed by atoms with E-state index in [9.17, 15) is 4.79 Å². The molecule has 14 heavy (non-hydrogen) atoms. The van der Waals surface area contributed by atoms with E-state index in [2.05, 4.69) is 24.6 Å². The van der Waals surface area contributed by atoms with Gasteiger partial charge in [0.2, 0.25) is 0 Å². The summed E-state index contributed by atoms with van der Waals surface area (Å²) in [4.78, 5) is 11.0. The van der Waals surface area contributed by atoms with Gasteiger partial charge in [0.25, 0.3) is 0 Å². The highest BCUT2D eigenvalue weighted by molar-refractivity contribution is 5.73. The van der Waals surface area contributed by atoms with E-state index in [0.29, 0.717) is 6.61 Å². The molecule has 0 saturated heterocycles. The maximum Gasteiger partial charge on any atom is 0.329 e. The third-order valence-corrected chi connectivity index (χ3v) is 2.98. The Balaban J connectivity index is 2.42. The van der Waals surface area contributed by atoms with Gasteiger partial charge >= 0.3 is 6.03 Å².